The van der Waals surface area contributed by atoms with Crippen LogP contribution in [0.1, 0.15) is 5.56 Å². The molecule has 0 saturated heterocycles. The van der Waals surface area contributed by atoms with Crippen LogP contribution in [0, 0.1) is 38.5 Å². The molecule has 1 unspecified atom stereocenters. The predicted octanol–water partition coefficient (Wildman–Crippen LogP) is 7.92. The maximum absolute atomic E-state index is 9.87. The standard InChI is InChI=1S/C25H22P2.C14H11OP.4CO.2Co/c1-5-13-22(14-6-1)26(23-15-7-2-8-16-23)21-27(24-17-9-3-10-18-24)25-19-11-4-12-20-25;15-16(14-9-5-2-6-10-14)12-11-13-7-3-1-4-8-13;4*1-2;;/h1-20H,21H2;1-10,15H;;;;;;. The monoisotopic (exact) mass is 840 g/mol. The van der Waals surface area contributed by atoms with E-state index in [1.807, 2.05) is 60.7 Å². The van der Waals surface area contributed by atoms with Crippen molar-refractivity contribution in [3.8, 4) is 0 Å². The Morgan fingerprint density at radius 3 is 0.868 bits per heavy atom. The summed E-state index contributed by atoms with van der Waals surface area (Å²) in [5.41, 5.74) is 0.931. The minimum absolute atomic E-state index is 0. The zero-order valence-corrected chi connectivity index (χ0v) is 32.9. The summed E-state index contributed by atoms with van der Waals surface area (Å²) in [4.78, 5) is 9.87. The van der Waals surface area contributed by atoms with Crippen molar-refractivity contribution >= 4 is 50.5 Å². The van der Waals surface area contributed by atoms with E-state index in [2.05, 4.69) is 160 Å². The molecule has 5 nitrogen and oxygen atoms in total. The molecule has 0 saturated carbocycles. The Bertz CT molecular complexity index is 1660. The van der Waals surface area contributed by atoms with Gasteiger partial charge in [-0.15, -0.1) is 0 Å². The molecule has 0 bridgehead atoms. The first kappa shape index (κ1) is 51.4. The first-order valence-corrected chi connectivity index (χ1v) is 19.3. The van der Waals surface area contributed by atoms with Gasteiger partial charge >= 0.3 is 45.2 Å². The Morgan fingerprint density at radius 2 is 0.604 bits per heavy atom. The average Bonchev–Trinajstić information content (AvgIpc) is 3.25. The van der Waals surface area contributed by atoms with Crippen molar-refractivity contribution in [3.63, 3.8) is 0 Å². The number of hydrogen-bond donors (Lipinski definition) is 1. The summed E-state index contributed by atoms with van der Waals surface area (Å²) in [7, 11) is -2.18. The molecule has 0 aliphatic carbocycles. The summed E-state index contributed by atoms with van der Waals surface area (Å²) in [6.45, 7) is 18.0. The van der Waals surface area contributed by atoms with E-state index in [0.717, 1.165) is 10.9 Å². The molecule has 1 N–H and O–H groups in total. The van der Waals surface area contributed by atoms with Crippen LogP contribution in [0.25, 0.3) is 0 Å². The largest absolute Gasteiger partial charge is 0.0622 e. The van der Waals surface area contributed by atoms with E-state index >= 15 is 0 Å². The maximum atomic E-state index is 9.87. The Labute approximate surface area is 337 Å². The van der Waals surface area contributed by atoms with Crippen molar-refractivity contribution in [1.82, 2.24) is 0 Å². The van der Waals surface area contributed by atoms with Gasteiger partial charge in [-0.3, -0.25) is 0 Å². The van der Waals surface area contributed by atoms with E-state index in [1.54, 1.807) is 0 Å². The smallest absolute Gasteiger partial charge is 0.00405 e. The fourth-order valence-corrected chi connectivity index (χ4v) is 11.8. The number of rotatable bonds is 9. The third-order valence-corrected chi connectivity index (χ3v) is 13.7. The summed E-state index contributed by atoms with van der Waals surface area (Å²) < 4.78 is 30.0. The van der Waals surface area contributed by atoms with Gasteiger partial charge in [-0.2, -0.15) is 0 Å². The van der Waals surface area contributed by atoms with Crippen LogP contribution in [0.5, 0.6) is 0 Å². The molecule has 0 spiro atoms. The van der Waals surface area contributed by atoms with Crippen molar-refractivity contribution in [2.45, 2.75) is 0 Å². The van der Waals surface area contributed by atoms with Gasteiger partial charge in [0.25, 0.3) is 0 Å². The quantitative estimate of drug-likeness (QED) is 0.0894. The second kappa shape index (κ2) is 34.1. The van der Waals surface area contributed by atoms with E-state index in [9.17, 15) is 4.89 Å². The molecule has 0 aromatic heterocycles. The van der Waals surface area contributed by atoms with Crippen LogP contribution in [-0.4, -0.2) is 10.8 Å². The summed E-state index contributed by atoms with van der Waals surface area (Å²) in [5, 5.41) is 6.72. The van der Waals surface area contributed by atoms with Gasteiger partial charge in [0.2, 0.25) is 0 Å². The van der Waals surface area contributed by atoms with Crippen molar-refractivity contribution in [2.24, 2.45) is 0 Å². The molecule has 0 fully saturated rings. The van der Waals surface area contributed by atoms with E-state index in [4.69, 9.17) is 18.6 Å². The molecule has 268 valence electrons. The third kappa shape index (κ3) is 19.3. The molecular weight excluding hydrogens is 807 g/mol. The van der Waals surface area contributed by atoms with Gasteiger partial charge in [0.05, 0.1) is 8.15 Å². The van der Waals surface area contributed by atoms with Gasteiger partial charge < -0.3 is 4.89 Å². The molecule has 1 atom stereocenters. The molecule has 0 aliphatic heterocycles. The van der Waals surface area contributed by atoms with E-state index in [0.29, 0.717) is 0 Å². The maximum Gasteiger partial charge on any atom is 0.00405 e. The van der Waals surface area contributed by atoms with Crippen LogP contribution in [0.15, 0.2) is 182 Å². The van der Waals surface area contributed by atoms with E-state index < -0.39 is 24.0 Å². The molecule has 0 aliphatic rings. The van der Waals surface area contributed by atoms with Gasteiger partial charge in [0, 0.05) is 56.7 Å². The minimum atomic E-state index is -1.36. The fourth-order valence-electron chi connectivity index (χ4n) is 4.47. The molecule has 6 rings (SSSR count). The molecule has 0 amide bonds. The molecule has 6 aromatic rings. The second-order valence-electron chi connectivity index (χ2n) is 9.59. The third-order valence-electron chi connectivity index (χ3n) is 6.64. The Morgan fingerprint density at radius 1 is 0.377 bits per heavy atom. The van der Waals surface area contributed by atoms with Gasteiger partial charge in [0.1, 0.15) is 0 Å². The minimum Gasteiger partial charge on any atom is -0.0622 e. The second-order valence-corrected chi connectivity index (χ2v) is 15.9. The van der Waals surface area contributed by atoms with Crippen molar-refractivity contribution in [2.75, 3.05) is 5.90 Å². The summed E-state index contributed by atoms with van der Waals surface area (Å²) in [6, 6.07) is 63.3. The van der Waals surface area contributed by atoms with Gasteiger partial charge in [-0.25, -0.2) is 0 Å². The first-order valence-electron chi connectivity index (χ1n) is 15.0. The van der Waals surface area contributed by atoms with Crippen LogP contribution in [0.3, 0.4) is 0 Å². The Balaban J connectivity index is 0. The molecule has 6 aromatic carbocycles. The SMILES string of the molecule is OP([C]=[C]c1ccccc1)c1ccccc1.[C-]#[O+].[C-]#[O+].[C-]#[O+].[C-]#[O+].[Co].[Co].c1ccc(P(CP(c2ccccc2)c2ccccc2)c2ccccc2)cc1. The normalized spacial score (nSPS) is 9.64. The zero-order valence-electron chi connectivity index (χ0n) is 28.1. The topological polar surface area (TPSA) is 99.8 Å². The van der Waals surface area contributed by atoms with Gasteiger partial charge in [0.15, 0.2) is 0 Å². The summed E-state index contributed by atoms with van der Waals surface area (Å²) >= 11 is 0. The van der Waals surface area contributed by atoms with Crippen LogP contribution in [0.4, 0.5) is 0 Å². The predicted molar refractivity (Wildman–Crippen MR) is 206 cm³/mol. The number of hydrogen-bond acceptors (Lipinski definition) is 1. The molecule has 53 heavy (non-hydrogen) atoms. The molecular formula is C43H33Co2O5P3. The Kier molecular flexibility index (Phi) is 33.0. The van der Waals surface area contributed by atoms with Crippen molar-refractivity contribution < 1.29 is 57.1 Å². The van der Waals surface area contributed by atoms with Crippen LogP contribution >= 0.6 is 24.0 Å². The average molecular weight is 841 g/mol. The Hall–Kier alpha value is -3.72. The van der Waals surface area contributed by atoms with Gasteiger partial charge in [-0.05, 0) is 42.6 Å². The van der Waals surface area contributed by atoms with Crippen molar-refractivity contribution in [1.29, 1.82) is 0 Å². The van der Waals surface area contributed by atoms with Crippen LogP contribution in [-0.2, 0) is 52.2 Å². The van der Waals surface area contributed by atoms with Gasteiger partial charge in [-0.1, -0.05) is 182 Å². The fraction of sp³-hybridized carbons (Fsp3) is 0.0233. The zero-order chi connectivity index (χ0) is 37.5. The molecule has 0 heterocycles. The molecule has 10 heteroatoms. The van der Waals surface area contributed by atoms with E-state index in [-0.39, 0.29) is 33.6 Å². The molecule has 4 radical (unpaired) electrons. The van der Waals surface area contributed by atoms with Crippen LogP contribution < -0.4 is 26.5 Å². The summed E-state index contributed by atoms with van der Waals surface area (Å²) in [5.74, 6) is 4.06. The van der Waals surface area contributed by atoms with E-state index in [1.165, 1.54) is 27.1 Å². The first-order chi connectivity index (χ1) is 25.3. The van der Waals surface area contributed by atoms with Crippen LogP contribution in [0.2, 0.25) is 0 Å². The summed E-state index contributed by atoms with van der Waals surface area (Å²) in [6.07, 6.45) is 2.97. The van der Waals surface area contributed by atoms with Crippen molar-refractivity contribution in [3.05, 3.63) is 226 Å². The number of benzene rings is 6.